The zero-order valence-electron chi connectivity index (χ0n) is 12.1. The number of anilines is 1. The van der Waals surface area contributed by atoms with Crippen LogP contribution in [0, 0.1) is 12.7 Å². The lowest BCUT2D eigenvalue weighted by Crippen LogP contribution is -2.55. The number of nitrogens with zero attached hydrogens (tertiary/aromatic N) is 1. The van der Waals surface area contributed by atoms with E-state index in [9.17, 15) is 14.0 Å². The van der Waals surface area contributed by atoms with Crippen LogP contribution in [0.25, 0.3) is 0 Å². The molecular weight excluding hydrogens is 271 g/mol. The first kappa shape index (κ1) is 14.0. The molecule has 4 nitrogen and oxygen atoms in total. The molecule has 112 valence electrons. The van der Waals surface area contributed by atoms with Gasteiger partial charge in [0.25, 0.3) is 5.91 Å². The smallest absolute Gasteiger partial charge is 0.252 e. The lowest BCUT2D eigenvalue weighted by Gasteiger charge is -2.32. The second kappa shape index (κ2) is 5.13. The Morgan fingerprint density at radius 3 is 2.67 bits per heavy atom. The van der Waals surface area contributed by atoms with Gasteiger partial charge in [-0.15, -0.1) is 0 Å². The van der Waals surface area contributed by atoms with Gasteiger partial charge in [-0.25, -0.2) is 4.39 Å². The second-order valence-corrected chi connectivity index (χ2v) is 6.00. The van der Waals surface area contributed by atoms with E-state index in [0.717, 1.165) is 18.4 Å². The normalized spacial score (nSPS) is 21.5. The molecule has 1 heterocycles. The van der Waals surface area contributed by atoms with E-state index in [1.54, 1.807) is 12.1 Å². The fourth-order valence-electron chi connectivity index (χ4n) is 3.33. The second-order valence-electron chi connectivity index (χ2n) is 6.00. The number of carbonyl (C=O) groups is 2. The Labute approximate surface area is 123 Å². The van der Waals surface area contributed by atoms with Crippen molar-refractivity contribution in [3.8, 4) is 0 Å². The summed E-state index contributed by atoms with van der Waals surface area (Å²) in [6.45, 7) is 2.09. The molecule has 1 aliphatic heterocycles. The van der Waals surface area contributed by atoms with Crippen molar-refractivity contribution in [2.24, 2.45) is 0 Å². The van der Waals surface area contributed by atoms with Gasteiger partial charge >= 0.3 is 0 Å². The minimum absolute atomic E-state index is 0.124. The third-order valence-electron chi connectivity index (χ3n) is 4.45. The number of carbonyl (C=O) groups excluding carboxylic acids is 2. The molecule has 1 saturated carbocycles. The summed E-state index contributed by atoms with van der Waals surface area (Å²) in [7, 11) is 0. The molecule has 2 amide bonds. The summed E-state index contributed by atoms with van der Waals surface area (Å²) >= 11 is 0. The molecule has 21 heavy (non-hydrogen) atoms. The topological polar surface area (TPSA) is 49.4 Å². The number of benzene rings is 1. The van der Waals surface area contributed by atoms with Gasteiger partial charge in [-0.05, 0) is 37.5 Å². The Kier molecular flexibility index (Phi) is 3.43. The van der Waals surface area contributed by atoms with Crippen LogP contribution in [0.1, 0.15) is 37.7 Å². The van der Waals surface area contributed by atoms with E-state index < -0.39 is 11.4 Å². The largest absolute Gasteiger partial charge is 0.342 e. The summed E-state index contributed by atoms with van der Waals surface area (Å²) in [4.78, 5) is 26.3. The molecule has 1 aromatic carbocycles. The Morgan fingerprint density at radius 2 is 1.95 bits per heavy atom. The fourth-order valence-corrected chi connectivity index (χ4v) is 3.33. The molecule has 0 atom stereocenters. The van der Waals surface area contributed by atoms with Crippen LogP contribution >= 0.6 is 0 Å². The first-order valence-corrected chi connectivity index (χ1v) is 7.41. The fraction of sp³-hybridized carbons (Fsp3) is 0.500. The molecule has 2 fully saturated rings. The number of aryl methyl sites for hydroxylation is 1. The van der Waals surface area contributed by atoms with E-state index in [1.165, 1.54) is 11.0 Å². The molecule has 1 N–H and O–H groups in total. The molecule has 1 aliphatic carbocycles. The number of amides is 2. The number of hydrogen-bond acceptors (Lipinski definition) is 2. The van der Waals surface area contributed by atoms with Gasteiger partial charge in [0.15, 0.2) is 0 Å². The maximum absolute atomic E-state index is 14.1. The first-order chi connectivity index (χ1) is 10.0. The lowest BCUT2D eigenvalue weighted by molar-refractivity contribution is -0.129. The predicted octanol–water partition coefficient (Wildman–Crippen LogP) is 2.30. The average Bonchev–Trinajstić information content (AvgIpc) is 2.87. The van der Waals surface area contributed by atoms with Crippen LogP contribution in [-0.2, 0) is 9.59 Å². The monoisotopic (exact) mass is 290 g/mol. The zero-order valence-corrected chi connectivity index (χ0v) is 12.1. The van der Waals surface area contributed by atoms with Crippen molar-refractivity contribution in [2.75, 3.05) is 11.4 Å². The van der Waals surface area contributed by atoms with Gasteiger partial charge in [-0.2, -0.15) is 0 Å². The SMILES string of the molecule is Cc1ccc(F)c(N2CCC(=O)NC3(CCCC3)C2=O)c1. The maximum atomic E-state index is 14.1. The number of halogens is 1. The molecule has 2 aliphatic rings. The number of rotatable bonds is 1. The quantitative estimate of drug-likeness (QED) is 0.863. The van der Waals surface area contributed by atoms with E-state index in [1.807, 2.05) is 6.92 Å². The maximum Gasteiger partial charge on any atom is 0.252 e. The molecule has 0 radical (unpaired) electrons. The van der Waals surface area contributed by atoms with Crippen molar-refractivity contribution in [3.05, 3.63) is 29.6 Å². The summed E-state index contributed by atoms with van der Waals surface area (Å²) in [6.07, 6.45) is 3.32. The summed E-state index contributed by atoms with van der Waals surface area (Å²) < 4.78 is 14.1. The molecule has 0 aromatic heterocycles. The molecule has 0 unspecified atom stereocenters. The molecule has 5 heteroatoms. The highest BCUT2D eigenvalue weighted by molar-refractivity contribution is 6.04. The van der Waals surface area contributed by atoms with Gasteiger partial charge in [-0.3, -0.25) is 9.59 Å². The van der Waals surface area contributed by atoms with Crippen LogP contribution in [-0.4, -0.2) is 23.9 Å². The number of nitrogens with one attached hydrogen (secondary N) is 1. The summed E-state index contributed by atoms with van der Waals surface area (Å²) in [6, 6.07) is 4.72. The molecule has 1 saturated heterocycles. The molecule has 3 rings (SSSR count). The highest BCUT2D eigenvalue weighted by Crippen LogP contribution is 2.35. The summed E-state index contributed by atoms with van der Waals surface area (Å²) in [5, 5.41) is 2.89. The van der Waals surface area contributed by atoms with Crippen molar-refractivity contribution >= 4 is 17.5 Å². The lowest BCUT2D eigenvalue weighted by atomic mass is 9.95. The van der Waals surface area contributed by atoms with Crippen molar-refractivity contribution in [1.29, 1.82) is 0 Å². The van der Waals surface area contributed by atoms with E-state index in [-0.39, 0.29) is 30.5 Å². The molecule has 0 bridgehead atoms. The zero-order chi connectivity index (χ0) is 15.0. The van der Waals surface area contributed by atoms with Gasteiger partial charge in [0.05, 0.1) is 5.69 Å². The van der Waals surface area contributed by atoms with Crippen LogP contribution in [0.3, 0.4) is 0 Å². The Balaban J connectivity index is 2.02. The minimum Gasteiger partial charge on any atom is -0.342 e. The van der Waals surface area contributed by atoms with Crippen LogP contribution in [0.15, 0.2) is 18.2 Å². The number of hydrogen-bond donors (Lipinski definition) is 1. The highest BCUT2D eigenvalue weighted by Gasteiger charge is 2.47. The third-order valence-corrected chi connectivity index (χ3v) is 4.45. The molecule has 1 aromatic rings. The first-order valence-electron chi connectivity index (χ1n) is 7.41. The molecule has 1 spiro atoms. The standard InChI is InChI=1S/C16H19FN2O2/c1-11-4-5-12(17)13(10-11)19-9-6-14(20)18-16(15(19)21)7-2-3-8-16/h4-5,10H,2-3,6-9H2,1H3,(H,18,20). The van der Waals surface area contributed by atoms with E-state index >= 15 is 0 Å². The van der Waals surface area contributed by atoms with Gasteiger partial charge in [-0.1, -0.05) is 18.9 Å². The van der Waals surface area contributed by atoms with Crippen molar-refractivity contribution in [3.63, 3.8) is 0 Å². The Bertz CT molecular complexity index is 594. The van der Waals surface area contributed by atoms with Crippen LogP contribution < -0.4 is 10.2 Å². The Hall–Kier alpha value is -1.91. The summed E-state index contributed by atoms with van der Waals surface area (Å²) in [5.41, 5.74) is 0.343. The summed E-state index contributed by atoms with van der Waals surface area (Å²) in [5.74, 6) is -0.715. The highest BCUT2D eigenvalue weighted by atomic mass is 19.1. The third kappa shape index (κ3) is 2.41. The van der Waals surface area contributed by atoms with Gasteiger partial charge < -0.3 is 10.2 Å². The van der Waals surface area contributed by atoms with Crippen LogP contribution in [0.2, 0.25) is 0 Å². The van der Waals surface area contributed by atoms with E-state index in [4.69, 9.17) is 0 Å². The van der Waals surface area contributed by atoms with Crippen LogP contribution in [0.4, 0.5) is 10.1 Å². The average molecular weight is 290 g/mol. The van der Waals surface area contributed by atoms with Gasteiger partial charge in [0, 0.05) is 13.0 Å². The molecular formula is C16H19FN2O2. The van der Waals surface area contributed by atoms with Crippen molar-refractivity contribution in [1.82, 2.24) is 5.32 Å². The van der Waals surface area contributed by atoms with Crippen molar-refractivity contribution in [2.45, 2.75) is 44.6 Å². The van der Waals surface area contributed by atoms with E-state index in [0.29, 0.717) is 12.8 Å². The van der Waals surface area contributed by atoms with Crippen LogP contribution in [0.5, 0.6) is 0 Å². The minimum atomic E-state index is -0.830. The van der Waals surface area contributed by atoms with Gasteiger partial charge in [0.1, 0.15) is 11.4 Å². The van der Waals surface area contributed by atoms with Gasteiger partial charge in [0.2, 0.25) is 5.91 Å². The predicted molar refractivity (Wildman–Crippen MR) is 77.4 cm³/mol. The Morgan fingerprint density at radius 1 is 1.24 bits per heavy atom. The van der Waals surface area contributed by atoms with Crippen molar-refractivity contribution < 1.29 is 14.0 Å². The van der Waals surface area contributed by atoms with E-state index in [2.05, 4.69) is 5.32 Å².